The summed E-state index contributed by atoms with van der Waals surface area (Å²) in [6, 6.07) is 7.51. The van der Waals surface area contributed by atoms with Crippen molar-refractivity contribution in [3.8, 4) is 5.75 Å². The third-order valence-electron chi connectivity index (χ3n) is 2.87. The van der Waals surface area contributed by atoms with Gasteiger partial charge in [0, 0.05) is 12.1 Å². The van der Waals surface area contributed by atoms with E-state index in [1.807, 2.05) is 45.0 Å². The molecule has 1 atom stereocenters. The number of hydrogen-bond donors (Lipinski definition) is 2. The van der Waals surface area contributed by atoms with Crippen LogP contribution >= 0.6 is 12.2 Å². The monoisotopic (exact) mass is 308 g/mol. The van der Waals surface area contributed by atoms with Gasteiger partial charge in [-0.05, 0) is 55.7 Å². The summed E-state index contributed by atoms with van der Waals surface area (Å²) in [5.41, 5.74) is 0.821. The van der Waals surface area contributed by atoms with Crippen molar-refractivity contribution in [2.45, 2.75) is 46.6 Å². The number of carbonyl (C=O) groups is 1. The van der Waals surface area contributed by atoms with Crippen LogP contribution in [-0.4, -0.2) is 17.1 Å². The molecular weight excluding hydrogens is 284 g/mol. The molecule has 0 aliphatic carbocycles. The first-order valence-electron chi connectivity index (χ1n) is 7.28. The molecule has 1 unspecified atom stereocenters. The number of anilines is 1. The van der Waals surface area contributed by atoms with E-state index in [0.29, 0.717) is 17.5 Å². The fraction of sp³-hybridized carbons (Fsp3) is 0.500. The van der Waals surface area contributed by atoms with Crippen molar-refractivity contribution in [1.82, 2.24) is 5.32 Å². The molecule has 0 saturated heterocycles. The molecule has 0 aromatic heterocycles. The first-order chi connectivity index (χ1) is 9.90. The van der Waals surface area contributed by atoms with Crippen LogP contribution in [0.4, 0.5) is 5.69 Å². The van der Waals surface area contributed by atoms with Crippen LogP contribution in [-0.2, 0) is 4.79 Å². The normalized spacial score (nSPS) is 11.9. The number of benzene rings is 1. The van der Waals surface area contributed by atoms with E-state index < -0.39 is 0 Å². The molecule has 1 amide bonds. The Labute approximate surface area is 132 Å². The molecule has 0 fully saturated rings. The average Bonchev–Trinajstić information content (AvgIpc) is 2.39. The highest BCUT2D eigenvalue weighted by Crippen LogP contribution is 2.17. The van der Waals surface area contributed by atoms with Crippen molar-refractivity contribution >= 4 is 28.9 Å². The summed E-state index contributed by atoms with van der Waals surface area (Å²) in [7, 11) is 0. The Morgan fingerprint density at radius 2 is 1.86 bits per heavy atom. The molecule has 0 bridgehead atoms. The van der Waals surface area contributed by atoms with Crippen LogP contribution in [0.25, 0.3) is 0 Å². The number of thiocarbonyl (C=S) groups is 1. The molecular formula is C16H24N2O2S. The van der Waals surface area contributed by atoms with Gasteiger partial charge in [-0.3, -0.25) is 4.79 Å². The maximum absolute atomic E-state index is 11.6. The maximum atomic E-state index is 11.6. The lowest BCUT2D eigenvalue weighted by atomic mass is 10.1. The predicted molar refractivity (Wildman–Crippen MR) is 90.6 cm³/mol. The van der Waals surface area contributed by atoms with Crippen LogP contribution in [0.3, 0.4) is 0 Å². The van der Waals surface area contributed by atoms with Gasteiger partial charge in [0.1, 0.15) is 5.75 Å². The molecule has 4 nitrogen and oxygen atoms in total. The van der Waals surface area contributed by atoms with Crippen LogP contribution in [0.5, 0.6) is 5.75 Å². The van der Waals surface area contributed by atoms with Crippen molar-refractivity contribution < 1.29 is 9.53 Å². The second-order valence-electron chi connectivity index (χ2n) is 5.46. The van der Waals surface area contributed by atoms with Gasteiger partial charge in [0.25, 0.3) is 0 Å². The van der Waals surface area contributed by atoms with Crippen LogP contribution in [0.2, 0.25) is 0 Å². The number of ether oxygens (including phenoxy) is 1. The van der Waals surface area contributed by atoms with E-state index in [0.717, 1.165) is 17.9 Å². The van der Waals surface area contributed by atoms with Gasteiger partial charge in [-0.2, -0.15) is 0 Å². The first-order valence-corrected chi connectivity index (χ1v) is 7.69. The van der Waals surface area contributed by atoms with Crippen LogP contribution in [0.15, 0.2) is 24.3 Å². The fourth-order valence-electron chi connectivity index (χ4n) is 1.64. The topological polar surface area (TPSA) is 50.4 Å². The molecule has 0 aliphatic rings. The van der Waals surface area contributed by atoms with Crippen LogP contribution in [0.1, 0.15) is 40.5 Å². The minimum absolute atomic E-state index is 0.0702. The molecule has 0 radical (unpaired) electrons. The van der Waals surface area contributed by atoms with Crippen molar-refractivity contribution in [2.75, 3.05) is 5.32 Å². The highest BCUT2D eigenvalue weighted by atomic mass is 32.1. The second kappa shape index (κ2) is 8.62. The Morgan fingerprint density at radius 3 is 2.38 bits per heavy atom. The second-order valence-corrected chi connectivity index (χ2v) is 5.87. The van der Waals surface area contributed by atoms with E-state index in [9.17, 15) is 4.79 Å². The zero-order valence-electron chi connectivity index (χ0n) is 13.1. The first kappa shape index (κ1) is 17.4. The summed E-state index contributed by atoms with van der Waals surface area (Å²) in [5.74, 6) is 1.06. The number of rotatable bonds is 6. The summed E-state index contributed by atoms with van der Waals surface area (Å²) in [6.07, 6.45) is 1.62. The Balaban J connectivity index is 2.48. The van der Waals surface area contributed by atoms with Gasteiger partial charge in [0.05, 0.1) is 6.10 Å². The summed E-state index contributed by atoms with van der Waals surface area (Å²) in [6.45, 7) is 8.10. The molecule has 116 valence electrons. The zero-order valence-corrected chi connectivity index (χ0v) is 13.9. The van der Waals surface area contributed by atoms with Gasteiger partial charge in [0.15, 0.2) is 5.11 Å². The van der Waals surface area contributed by atoms with Crippen LogP contribution in [0, 0.1) is 5.92 Å². The van der Waals surface area contributed by atoms with Crippen molar-refractivity contribution in [3.63, 3.8) is 0 Å². The molecule has 0 aliphatic heterocycles. The lowest BCUT2D eigenvalue weighted by molar-refractivity contribution is -0.120. The van der Waals surface area contributed by atoms with Gasteiger partial charge >= 0.3 is 0 Å². The summed E-state index contributed by atoms with van der Waals surface area (Å²) < 4.78 is 5.70. The standard InChI is InChI=1S/C16H24N2O2S/c1-5-12(4)20-14-8-6-13(7-9-14)17-16(21)18-15(19)10-11(2)3/h6-9,11-12H,5,10H2,1-4H3,(H2,17,18,19,21). The maximum Gasteiger partial charge on any atom is 0.226 e. The van der Waals surface area contributed by atoms with E-state index in [4.69, 9.17) is 17.0 Å². The number of carbonyl (C=O) groups excluding carboxylic acids is 1. The lowest BCUT2D eigenvalue weighted by Gasteiger charge is -2.14. The predicted octanol–water partition coefficient (Wildman–Crippen LogP) is 3.72. The zero-order chi connectivity index (χ0) is 15.8. The summed E-state index contributed by atoms with van der Waals surface area (Å²) in [5, 5.41) is 5.97. The van der Waals surface area contributed by atoms with Gasteiger partial charge in [0.2, 0.25) is 5.91 Å². The summed E-state index contributed by atoms with van der Waals surface area (Å²) >= 11 is 5.11. The Bertz CT molecular complexity index is 472. The van der Waals surface area contributed by atoms with Gasteiger partial charge < -0.3 is 15.4 Å². The quantitative estimate of drug-likeness (QED) is 0.786. The van der Waals surface area contributed by atoms with Gasteiger partial charge in [-0.15, -0.1) is 0 Å². The molecule has 0 saturated carbocycles. The number of nitrogens with one attached hydrogen (secondary N) is 2. The van der Waals surface area contributed by atoms with Gasteiger partial charge in [-0.1, -0.05) is 20.8 Å². The molecule has 1 aromatic carbocycles. The van der Waals surface area contributed by atoms with E-state index in [1.54, 1.807) is 0 Å². The molecule has 21 heavy (non-hydrogen) atoms. The fourth-order valence-corrected chi connectivity index (χ4v) is 1.87. The molecule has 0 heterocycles. The summed E-state index contributed by atoms with van der Waals surface area (Å²) in [4.78, 5) is 11.6. The molecule has 1 rings (SSSR count). The minimum atomic E-state index is -0.0702. The average molecular weight is 308 g/mol. The van der Waals surface area contributed by atoms with E-state index >= 15 is 0 Å². The largest absolute Gasteiger partial charge is 0.491 e. The molecule has 2 N–H and O–H groups in total. The van der Waals surface area contributed by atoms with E-state index in [2.05, 4.69) is 17.6 Å². The molecule has 5 heteroatoms. The number of amides is 1. The Morgan fingerprint density at radius 1 is 1.24 bits per heavy atom. The SMILES string of the molecule is CCC(C)Oc1ccc(NC(=S)NC(=O)CC(C)C)cc1. The lowest BCUT2D eigenvalue weighted by Crippen LogP contribution is -2.34. The third kappa shape index (κ3) is 7.09. The van der Waals surface area contributed by atoms with Crippen molar-refractivity contribution in [3.05, 3.63) is 24.3 Å². The smallest absolute Gasteiger partial charge is 0.226 e. The van der Waals surface area contributed by atoms with Crippen molar-refractivity contribution in [2.24, 2.45) is 5.92 Å². The Kier molecular flexibility index (Phi) is 7.15. The minimum Gasteiger partial charge on any atom is -0.491 e. The third-order valence-corrected chi connectivity index (χ3v) is 3.08. The highest BCUT2D eigenvalue weighted by Gasteiger charge is 2.07. The van der Waals surface area contributed by atoms with Gasteiger partial charge in [-0.25, -0.2) is 0 Å². The Hall–Kier alpha value is -1.62. The molecule has 0 spiro atoms. The van der Waals surface area contributed by atoms with E-state index in [1.165, 1.54) is 0 Å². The highest BCUT2D eigenvalue weighted by molar-refractivity contribution is 7.80. The van der Waals surface area contributed by atoms with Crippen LogP contribution < -0.4 is 15.4 Å². The van der Waals surface area contributed by atoms with E-state index in [-0.39, 0.29) is 12.0 Å². The van der Waals surface area contributed by atoms with Crippen molar-refractivity contribution in [1.29, 1.82) is 0 Å². The number of hydrogen-bond acceptors (Lipinski definition) is 3. The molecule has 1 aromatic rings.